The quantitative estimate of drug-likeness (QED) is 0.807. The van der Waals surface area contributed by atoms with Crippen molar-refractivity contribution in [1.82, 2.24) is 9.80 Å². The summed E-state index contributed by atoms with van der Waals surface area (Å²) < 4.78 is 0. The van der Waals surface area contributed by atoms with E-state index in [2.05, 4.69) is 90.3 Å². The highest BCUT2D eigenvalue weighted by Gasteiger charge is 2.22. The van der Waals surface area contributed by atoms with Crippen molar-refractivity contribution in [1.29, 1.82) is 0 Å². The standard InChI is InChI=1S/C21H28N4/c1-18-10-12-20(13-11-18)25-17-24(15-7-14-23(2)3)16-22-21(25)19-8-5-4-6-9-19/h4-6,8-13H,7,14-17H2,1-3H3. The van der Waals surface area contributed by atoms with Crippen LogP contribution in [0.4, 0.5) is 5.69 Å². The third-order valence-electron chi connectivity index (χ3n) is 4.47. The van der Waals surface area contributed by atoms with Crippen LogP contribution in [-0.2, 0) is 0 Å². The fraction of sp³-hybridized carbons (Fsp3) is 0.381. The van der Waals surface area contributed by atoms with Crippen LogP contribution in [0.3, 0.4) is 0 Å². The van der Waals surface area contributed by atoms with E-state index in [-0.39, 0.29) is 0 Å². The molecule has 1 aliphatic rings. The highest BCUT2D eigenvalue weighted by atomic mass is 15.4. The lowest BCUT2D eigenvalue weighted by Gasteiger charge is -2.36. The number of benzene rings is 2. The lowest BCUT2D eigenvalue weighted by molar-refractivity contribution is 0.261. The van der Waals surface area contributed by atoms with Gasteiger partial charge in [-0.25, -0.2) is 0 Å². The number of hydrogen-bond donors (Lipinski definition) is 0. The van der Waals surface area contributed by atoms with Crippen LogP contribution in [0.2, 0.25) is 0 Å². The Balaban J connectivity index is 1.82. The molecule has 132 valence electrons. The summed E-state index contributed by atoms with van der Waals surface area (Å²) in [7, 11) is 4.25. The highest BCUT2D eigenvalue weighted by Crippen LogP contribution is 2.22. The zero-order valence-corrected chi connectivity index (χ0v) is 15.5. The summed E-state index contributed by atoms with van der Waals surface area (Å²) in [6.45, 7) is 5.94. The Bertz CT molecular complexity index is 692. The molecule has 0 unspecified atom stereocenters. The Morgan fingerprint density at radius 1 is 1.00 bits per heavy atom. The van der Waals surface area contributed by atoms with Gasteiger partial charge in [-0.05, 0) is 46.1 Å². The number of aryl methyl sites for hydroxylation is 1. The fourth-order valence-electron chi connectivity index (χ4n) is 3.08. The van der Waals surface area contributed by atoms with Gasteiger partial charge in [0.15, 0.2) is 0 Å². The summed E-state index contributed by atoms with van der Waals surface area (Å²) in [5.41, 5.74) is 3.66. The Morgan fingerprint density at radius 3 is 2.40 bits per heavy atom. The predicted molar refractivity (Wildman–Crippen MR) is 106 cm³/mol. The second-order valence-corrected chi connectivity index (χ2v) is 6.95. The van der Waals surface area contributed by atoms with Crippen molar-refractivity contribution in [3.05, 3.63) is 65.7 Å². The number of hydrogen-bond acceptors (Lipinski definition) is 4. The van der Waals surface area contributed by atoms with Crippen LogP contribution in [-0.4, -0.2) is 56.2 Å². The van der Waals surface area contributed by atoms with Crippen LogP contribution in [0, 0.1) is 6.92 Å². The summed E-state index contributed by atoms with van der Waals surface area (Å²) in [6.07, 6.45) is 1.16. The zero-order valence-electron chi connectivity index (χ0n) is 15.5. The number of rotatable bonds is 6. The summed E-state index contributed by atoms with van der Waals surface area (Å²) in [5, 5.41) is 0. The molecule has 0 aliphatic carbocycles. The van der Waals surface area contributed by atoms with Crippen molar-refractivity contribution in [2.24, 2.45) is 4.99 Å². The Hall–Kier alpha value is -2.17. The van der Waals surface area contributed by atoms with Crippen molar-refractivity contribution in [3.8, 4) is 0 Å². The third-order valence-corrected chi connectivity index (χ3v) is 4.47. The van der Waals surface area contributed by atoms with Crippen LogP contribution in [0.5, 0.6) is 0 Å². The minimum Gasteiger partial charge on any atom is -0.313 e. The first-order valence-corrected chi connectivity index (χ1v) is 8.94. The number of amidine groups is 1. The average Bonchev–Trinajstić information content (AvgIpc) is 2.63. The molecule has 0 radical (unpaired) electrons. The highest BCUT2D eigenvalue weighted by molar-refractivity contribution is 6.10. The zero-order chi connectivity index (χ0) is 17.6. The van der Waals surface area contributed by atoms with E-state index in [9.17, 15) is 0 Å². The Kier molecular flexibility index (Phi) is 5.84. The second-order valence-electron chi connectivity index (χ2n) is 6.95. The van der Waals surface area contributed by atoms with E-state index in [0.717, 1.165) is 38.7 Å². The van der Waals surface area contributed by atoms with E-state index in [0.29, 0.717) is 0 Å². The topological polar surface area (TPSA) is 22.1 Å². The molecule has 25 heavy (non-hydrogen) atoms. The average molecular weight is 336 g/mol. The minimum atomic E-state index is 0.764. The molecular weight excluding hydrogens is 308 g/mol. The molecule has 4 heteroatoms. The van der Waals surface area contributed by atoms with Crippen molar-refractivity contribution in [2.45, 2.75) is 13.3 Å². The maximum Gasteiger partial charge on any atom is 0.137 e. The van der Waals surface area contributed by atoms with Gasteiger partial charge in [0.05, 0.1) is 13.3 Å². The predicted octanol–water partition coefficient (Wildman–Crippen LogP) is 3.43. The maximum atomic E-state index is 4.91. The molecule has 1 aliphatic heterocycles. The summed E-state index contributed by atoms with van der Waals surface area (Å²) in [5.74, 6) is 1.06. The van der Waals surface area contributed by atoms with Crippen LogP contribution in [0.25, 0.3) is 0 Å². The molecule has 0 amide bonds. The van der Waals surface area contributed by atoms with E-state index >= 15 is 0 Å². The van der Waals surface area contributed by atoms with Crippen molar-refractivity contribution in [2.75, 3.05) is 45.4 Å². The molecule has 1 heterocycles. The molecule has 0 N–H and O–H groups in total. The van der Waals surface area contributed by atoms with Gasteiger partial charge in [-0.3, -0.25) is 9.89 Å². The molecule has 2 aromatic carbocycles. The van der Waals surface area contributed by atoms with Gasteiger partial charge < -0.3 is 9.80 Å². The van der Waals surface area contributed by atoms with Gasteiger partial charge in [-0.1, -0.05) is 48.0 Å². The first kappa shape index (κ1) is 17.6. The van der Waals surface area contributed by atoms with Crippen LogP contribution in [0.15, 0.2) is 59.6 Å². The lowest BCUT2D eigenvalue weighted by atomic mass is 10.1. The number of nitrogens with zero attached hydrogens (tertiary/aromatic N) is 4. The molecule has 0 fully saturated rings. The molecule has 4 nitrogen and oxygen atoms in total. The van der Waals surface area contributed by atoms with Gasteiger partial charge in [0.2, 0.25) is 0 Å². The Morgan fingerprint density at radius 2 is 1.72 bits per heavy atom. The van der Waals surface area contributed by atoms with Gasteiger partial charge in [0, 0.05) is 17.8 Å². The van der Waals surface area contributed by atoms with Gasteiger partial charge in [0.1, 0.15) is 5.84 Å². The summed E-state index contributed by atoms with van der Waals surface area (Å²) in [6, 6.07) is 19.2. The van der Waals surface area contributed by atoms with Crippen LogP contribution < -0.4 is 4.90 Å². The van der Waals surface area contributed by atoms with E-state index in [1.54, 1.807) is 0 Å². The Labute approximate surface area is 151 Å². The van der Waals surface area contributed by atoms with E-state index < -0.39 is 0 Å². The van der Waals surface area contributed by atoms with E-state index in [1.807, 2.05) is 0 Å². The van der Waals surface area contributed by atoms with Crippen LogP contribution in [0.1, 0.15) is 17.5 Å². The molecule has 0 saturated heterocycles. The van der Waals surface area contributed by atoms with Crippen molar-refractivity contribution < 1.29 is 0 Å². The first-order chi connectivity index (χ1) is 12.1. The minimum absolute atomic E-state index is 0.764. The summed E-state index contributed by atoms with van der Waals surface area (Å²) in [4.78, 5) is 11.9. The normalized spacial score (nSPS) is 15.5. The van der Waals surface area contributed by atoms with Gasteiger partial charge in [0.25, 0.3) is 0 Å². The third kappa shape index (κ3) is 4.68. The van der Waals surface area contributed by atoms with Crippen molar-refractivity contribution in [3.63, 3.8) is 0 Å². The fourth-order valence-corrected chi connectivity index (χ4v) is 3.08. The molecule has 0 bridgehead atoms. The van der Waals surface area contributed by atoms with Crippen LogP contribution >= 0.6 is 0 Å². The molecule has 3 rings (SSSR count). The number of anilines is 1. The maximum absolute atomic E-state index is 4.91. The van der Waals surface area contributed by atoms with Crippen molar-refractivity contribution >= 4 is 11.5 Å². The first-order valence-electron chi connectivity index (χ1n) is 8.94. The molecule has 0 saturated carbocycles. The smallest absolute Gasteiger partial charge is 0.137 e. The SMILES string of the molecule is Cc1ccc(N2CN(CCCN(C)C)CN=C2c2ccccc2)cc1. The molecule has 0 atom stereocenters. The number of aliphatic imine (C=N–C) groups is 1. The monoisotopic (exact) mass is 336 g/mol. The molecule has 0 aromatic heterocycles. The molecule has 0 spiro atoms. The van der Waals surface area contributed by atoms with Gasteiger partial charge >= 0.3 is 0 Å². The van der Waals surface area contributed by atoms with Gasteiger partial charge in [-0.15, -0.1) is 0 Å². The largest absolute Gasteiger partial charge is 0.313 e. The molecular formula is C21H28N4. The second kappa shape index (κ2) is 8.28. The summed E-state index contributed by atoms with van der Waals surface area (Å²) >= 11 is 0. The van der Waals surface area contributed by atoms with Gasteiger partial charge in [-0.2, -0.15) is 0 Å². The van der Waals surface area contributed by atoms with E-state index in [1.165, 1.54) is 16.8 Å². The lowest BCUT2D eigenvalue weighted by Crippen LogP contribution is -2.47. The molecule has 2 aromatic rings. The van der Waals surface area contributed by atoms with E-state index in [4.69, 9.17) is 4.99 Å².